The van der Waals surface area contributed by atoms with Crippen molar-refractivity contribution in [3.05, 3.63) is 58.3 Å². The molecule has 0 atom stereocenters. The predicted octanol–water partition coefficient (Wildman–Crippen LogP) is 2.08. The zero-order valence-corrected chi connectivity index (χ0v) is 13.0. The van der Waals surface area contributed by atoms with E-state index in [1.165, 1.54) is 18.2 Å². The fraction of sp³-hybridized carbons (Fsp3) is 0.125. The normalized spacial score (nSPS) is 10.5. The summed E-state index contributed by atoms with van der Waals surface area (Å²) in [6.07, 6.45) is 3.24. The summed E-state index contributed by atoms with van der Waals surface area (Å²) in [5.41, 5.74) is 1.88. The summed E-state index contributed by atoms with van der Waals surface area (Å²) in [6, 6.07) is 10.1. The van der Waals surface area contributed by atoms with Gasteiger partial charge >= 0.3 is 0 Å². The zero-order valence-electron chi connectivity index (χ0n) is 12.2. The van der Waals surface area contributed by atoms with Crippen LogP contribution in [0.2, 0.25) is 0 Å². The van der Waals surface area contributed by atoms with Gasteiger partial charge in [-0.2, -0.15) is 0 Å². The van der Waals surface area contributed by atoms with Gasteiger partial charge in [0.2, 0.25) is 5.91 Å². The largest absolute Gasteiger partial charge is 0.492 e. The number of hydrogen-bond acceptors (Lipinski definition) is 5. The van der Waals surface area contributed by atoms with Gasteiger partial charge in [0.15, 0.2) is 0 Å². The second-order valence-corrected chi connectivity index (χ2v) is 5.43. The molecule has 120 valence electrons. The number of hydroxylamine groups is 1. The first-order chi connectivity index (χ1) is 11.2. The maximum absolute atomic E-state index is 11.6. The lowest BCUT2D eigenvalue weighted by Crippen LogP contribution is -2.26. The predicted molar refractivity (Wildman–Crippen MR) is 87.6 cm³/mol. The van der Waals surface area contributed by atoms with Gasteiger partial charge in [-0.1, -0.05) is 6.07 Å². The fourth-order valence-corrected chi connectivity index (χ4v) is 2.33. The summed E-state index contributed by atoms with van der Waals surface area (Å²) in [4.78, 5) is 23.8. The van der Waals surface area contributed by atoms with Crippen LogP contribution in [0.25, 0.3) is 6.08 Å². The molecule has 6 nitrogen and oxygen atoms in total. The van der Waals surface area contributed by atoms with Crippen molar-refractivity contribution in [1.82, 2.24) is 10.8 Å². The third kappa shape index (κ3) is 5.57. The molecule has 0 radical (unpaired) electrons. The quantitative estimate of drug-likeness (QED) is 0.313. The summed E-state index contributed by atoms with van der Waals surface area (Å²) in [5, 5.41) is 13.2. The summed E-state index contributed by atoms with van der Waals surface area (Å²) in [6.45, 7) is 0.677. The van der Waals surface area contributed by atoms with Crippen LogP contribution in [0, 0.1) is 0 Å². The lowest BCUT2D eigenvalue weighted by molar-refractivity contribution is -0.116. The molecule has 0 saturated carbocycles. The third-order valence-corrected chi connectivity index (χ3v) is 3.67. The van der Waals surface area contributed by atoms with Crippen LogP contribution in [0.5, 0.6) is 5.75 Å². The van der Waals surface area contributed by atoms with E-state index >= 15 is 0 Å². The van der Waals surface area contributed by atoms with Crippen LogP contribution in [0.1, 0.15) is 15.2 Å². The third-order valence-electron chi connectivity index (χ3n) is 2.83. The number of thiophene rings is 1. The van der Waals surface area contributed by atoms with Crippen LogP contribution >= 0.6 is 11.3 Å². The van der Waals surface area contributed by atoms with Crippen LogP contribution in [0.15, 0.2) is 47.9 Å². The monoisotopic (exact) mass is 332 g/mol. The number of ether oxygens (including phenoxy) is 1. The Morgan fingerprint density at radius 1 is 1.22 bits per heavy atom. The van der Waals surface area contributed by atoms with E-state index in [9.17, 15) is 9.59 Å². The first-order valence-electron chi connectivity index (χ1n) is 6.86. The Hall–Kier alpha value is -2.64. The molecule has 0 unspecified atom stereocenters. The molecule has 1 aromatic heterocycles. The Labute approximate surface area is 137 Å². The Bertz CT molecular complexity index is 666. The van der Waals surface area contributed by atoms with Crippen LogP contribution in [-0.2, 0) is 4.79 Å². The highest BCUT2D eigenvalue weighted by molar-refractivity contribution is 7.10. The van der Waals surface area contributed by atoms with Crippen LogP contribution < -0.4 is 15.5 Å². The molecule has 7 heteroatoms. The lowest BCUT2D eigenvalue weighted by atomic mass is 10.2. The molecule has 0 aliphatic heterocycles. The second kappa shape index (κ2) is 8.72. The van der Waals surface area contributed by atoms with Gasteiger partial charge in [-0.05, 0) is 41.8 Å². The van der Waals surface area contributed by atoms with Crippen molar-refractivity contribution in [3.63, 3.8) is 0 Å². The van der Waals surface area contributed by atoms with Crippen molar-refractivity contribution in [2.45, 2.75) is 0 Å². The average Bonchev–Trinajstić information content (AvgIpc) is 3.10. The van der Waals surface area contributed by atoms with Gasteiger partial charge in [-0.3, -0.25) is 14.8 Å². The average molecular weight is 332 g/mol. The van der Waals surface area contributed by atoms with Crippen molar-refractivity contribution >= 4 is 29.2 Å². The highest BCUT2D eigenvalue weighted by Crippen LogP contribution is 2.12. The van der Waals surface area contributed by atoms with Gasteiger partial charge in [0.25, 0.3) is 5.91 Å². The maximum Gasteiger partial charge on any atom is 0.274 e. The number of nitrogens with one attached hydrogen (secondary N) is 2. The summed E-state index contributed by atoms with van der Waals surface area (Å²) in [7, 11) is 0. The molecule has 0 fully saturated rings. The fourth-order valence-electron chi connectivity index (χ4n) is 1.71. The molecule has 2 aromatic rings. The summed E-state index contributed by atoms with van der Waals surface area (Å²) < 4.78 is 5.44. The number of benzene rings is 1. The first-order valence-corrected chi connectivity index (χ1v) is 7.74. The Balaban J connectivity index is 1.68. The number of rotatable bonds is 7. The van der Waals surface area contributed by atoms with Crippen LogP contribution in [0.3, 0.4) is 0 Å². The SMILES string of the molecule is O=C(C=Cc1cccs1)NCCOc1ccc(C(=O)NO)cc1. The number of hydrogen-bond donors (Lipinski definition) is 3. The number of carbonyl (C=O) groups excluding carboxylic acids is 2. The molecule has 0 aliphatic carbocycles. The highest BCUT2D eigenvalue weighted by atomic mass is 32.1. The van der Waals surface area contributed by atoms with Crippen molar-refractivity contribution in [2.24, 2.45) is 0 Å². The van der Waals surface area contributed by atoms with Crippen molar-refractivity contribution in [1.29, 1.82) is 0 Å². The van der Waals surface area contributed by atoms with Gasteiger partial charge in [-0.15, -0.1) is 11.3 Å². The van der Waals surface area contributed by atoms with E-state index in [1.807, 2.05) is 17.5 Å². The summed E-state index contributed by atoms with van der Waals surface area (Å²) >= 11 is 1.56. The van der Waals surface area contributed by atoms with Crippen LogP contribution in [-0.4, -0.2) is 30.2 Å². The van der Waals surface area contributed by atoms with Gasteiger partial charge in [-0.25, -0.2) is 5.48 Å². The Morgan fingerprint density at radius 2 is 2.00 bits per heavy atom. The minimum Gasteiger partial charge on any atom is -0.492 e. The molecule has 0 saturated heterocycles. The standard InChI is InChI=1S/C16H16N2O4S/c19-15(8-7-14-2-1-11-23-14)17-9-10-22-13-5-3-12(4-6-13)16(20)18-21/h1-8,11,21H,9-10H2,(H,17,19)(H,18,20). The molecule has 23 heavy (non-hydrogen) atoms. The van der Waals surface area contributed by atoms with Gasteiger partial charge < -0.3 is 10.1 Å². The molecule has 3 N–H and O–H groups in total. The van der Waals surface area contributed by atoms with E-state index in [0.717, 1.165) is 4.88 Å². The molecule has 2 rings (SSSR count). The highest BCUT2D eigenvalue weighted by Gasteiger charge is 2.03. The molecule has 0 bridgehead atoms. The van der Waals surface area contributed by atoms with E-state index in [0.29, 0.717) is 24.5 Å². The van der Waals surface area contributed by atoms with Gasteiger partial charge in [0, 0.05) is 16.5 Å². The van der Waals surface area contributed by atoms with Gasteiger partial charge in [0.05, 0.1) is 6.54 Å². The molecule has 0 aliphatic rings. The van der Waals surface area contributed by atoms with E-state index in [-0.39, 0.29) is 5.91 Å². The number of amides is 2. The topological polar surface area (TPSA) is 87.7 Å². The van der Waals surface area contributed by atoms with Crippen molar-refractivity contribution < 1.29 is 19.5 Å². The van der Waals surface area contributed by atoms with Crippen molar-refractivity contribution in [2.75, 3.05) is 13.2 Å². The molecule has 0 spiro atoms. The van der Waals surface area contributed by atoms with E-state index in [4.69, 9.17) is 9.94 Å². The molecule has 2 amide bonds. The van der Waals surface area contributed by atoms with E-state index in [1.54, 1.807) is 35.0 Å². The minimum absolute atomic E-state index is 0.183. The molecular weight excluding hydrogens is 316 g/mol. The summed E-state index contributed by atoms with van der Waals surface area (Å²) in [5.74, 6) is -0.193. The molecular formula is C16H16N2O4S. The number of carbonyl (C=O) groups is 2. The Morgan fingerprint density at radius 3 is 2.65 bits per heavy atom. The smallest absolute Gasteiger partial charge is 0.274 e. The Kier molecular flexibility index (Phi) is 6.34. The lowest BCUT2D eigenvalue weighted by Gasteiger charge is -2.07. The second-order valence-electron chi connectivity index (χ2n) is 4.45. The minimum atomic E-state index is -0.582. The maximum atomic E-state index is 11.6. The molecule has 1 aromatic carbocycles. The first kappa shape index (κ1) is 16.7. The zero-order chi connectivity index (χ0) is 16.5. The molecule has 1 heterocycles. The van der Waals surface area contributed by atoms with Crippen molar-refractivity contribution in [3.8, 4) is 5.75 Å². The van der Waals surface area contributed by atoms with E-state index < -0.39 is 5.91 Å². The van der Waals surface area contributed by atoms with Crippen LogP contribution in [0.4, 0.5) is 0 Å². The van der Waals surface area contributed by atoms with Gasteiger partial charge in [0.1, 0.15) is 12.4 Å². The van der Waals surface area contributed by atoms with E-state index in [2.05, 4.69) is 5.32 Å².